The second kappa shape index (κ2) is 5.23. The number of nitrogens with zero attached hydrogens (tertiary/aromatic N) is 1. The van der Waals surface area contributed by atoms with E-state index in [9.17, 15) is 4.79 Å². The highest BCUT2D eigenvalue weighted by Crippen LogP contribution is 2.71. The Morgan fingerprint density at radius 1 is 1.60 bits per heavy atom. The molecule has 2 saturated heterocycles. The number of hydrogen-bond acceptors (Lipinski definition) is 1. The van der Waals surface area contributed by atoms with Crippen molar-refractivity contribution in [2.45, 2.75) is 50.3 Å². The van der Waals surface area contributed by atoms with Gasteiger partial charge in [-0.1, -0.05) is 15.3 Å². The van der Waals surface area contributed by atoms with Crippen molar-refractivity contribution >= 4 is 39.0 Å². The van der Waals surface area contributed by atoms with Gasteiger partial charge in [-0.2, -0.15) is 0 Å². The van der Waals surface area contributed by atoms with Gasteiger partial charge in [-0.05, 0) is 26.2 Å². The maximum Gasteiger partial charge on any atom is 0.223 e. The minimum Gasteiger partial charge on any atom is -0.336 e. The van der Waals surface area contributed by atoms with E-state index in [1.54, 1.807) is 0 Å². The van der Waals surface area contributed by atoms with Crippen molar-refractivity contribution in [3.8, 4) is 0 Å². The van der Waals surface area contributed by atoms with Crippen LogP contribution in [0.15, 0.2) is 0 Å². The molecule has 0 spiro atoms. The van der Waals surface area contributed by atoms with Crippen molar-refractivity contribution in [2.24, 2.45) is 0 Å². The van der Waals surface area contributed by atoms with Gasteiger partial charge in [0.25, 0.3) is 0 Å². The highest BCUT2D eigenvalue weighted by atomic mass is 32.6. The van der Waals surface area contributed by atoms with Crippen LogP contribution in [-0.4, -0.2) is 28.5 Å². The van der Waals surface area contributed by atoms with Crippen LogP contribution in [0.3, 0.4) is 0 Å². The summed E-state index contributed by atoms with van der Waals surface area (Å²) in [5.74, 6) is 0.404. The Balaban J connectivity index is 2.11. The van der Waals surface area contributed by atoms with Crippen LogP contribution in [0.4, 0.5) is 0 Å². The van der Waals surface area contributed by atoms with Gasteiger partial charge >= 0.3 is 0 Å². The Bertz CT molecular complexity index is 262. The van der Waals surface area contributed by atoms with Crippen LogP contribution in [-0.2, 0) is 4.79 Å². The highest BCUT2D eigenvalue weighted by Gasteiger charge is 2.44. The number of rotatable bonds is 2. The summed E-state index contributed by atoms with van der Waals surface area (Å²) >= 11 is 0. The third-order valence-corrected chi connectivity index (χ3v) is 15.0. The van der Waals surface area contributed by atoms with Crippen molar-refractivity contribution in [1.29, 1.82) is 0 Å². The van der Waals surface area contributed by atoms with Crippen LogP contribution in [0.5, 0.6) is 0 Å². The fourth-order valence-corrected chi connectivity index (χ4v) is 8.50. The lowest BCUT2D eigenvalue weighted by Crippen LogP contribution is -2.43. The second-order valence-corrected chi connectivity index (χ2v) is 14.0. The monoisotopic (exact) mass is 281 g/mol. The molecule has 7 atom stereocenters. The number of hydrogen-bond donors (Lipinski definition) is 0. The third kappa shape index (κ3) is 2.40. The van der Waals surface area contributed by atoms with E-state index in [-0.39, 0.29) is 7.30 Å². The standard InChI is InChI=1S/C9H19NOP4/c1-6-8(15(13)14-12)5-7-3-2-4-9(11)10(6)7/h6-8,14H,2-5,12-13H2,1H3/t6-,7?,8-,15?/m0/s1. The van der Waals surface area contributed by atoms with Crippen LogP contribution >= 0.6 is 33.1 Å². The summed E-state index contributed by atoms with van der Waals surface area (Å²) in [7, 11) is 6.89. The number of amides is 1. The molecule has 0 aliphatic carbocycles. The molecule has 5 unspecified atom stereocenters. The number of fused-ring (bicyclic) bond motifs is 1. The molecule has 1 amide bonds. The number of carbonyl (C=O) groups is 1. The molecular formula is C9H19NOP4. The van der Waals surface area contributed by atoms with Crippen LogP contribution < -0.4 is 0 Å². The van der Waals surface area contributed by atoms with E-state index in [1.807, 2.05) is 0 Å². The van der Waals surface area contributed by atoms with Gasteiger partial charge < -0.3 is 4.90 Å². The normalized spacial score (nSPS) is 38.7. The summed E-state index contributed by atoms with van der Waals surface area (Å²) < 4.78 is 0. The van der Waals surface area contributed by atoms with E-state index in [4.69, 9.17) is 0 Å². The fourth-order valence-electron chi connectivity index (χ4n) is 2.85. The lowest BCUT2D eigenvalue weighted by atomic mass is 10.0. The zero-order chi connectivity index (χ0) is 11.0. The van der Waals surface area contributed by atoms with E-state index >= 15 is 0 Å². The molecule has 0 aromatic heterocycles. The van der Waals surface area contributed by atoms with Crippen molar-refractivity contribution in [1.82, 2.24) is 4.90 Å². The molecule has 2 heterocycles. The van der Waals surface area contributed by atoms with E-state index in [0.29, 0.717) is 18.0 Å². The Hall–Kier alpha value is 1.19. The molecule has 0 saturated carbocycles. The summed E-state index contributed by atoms with van der Waals surface area (Å²) in [5, 5.41) is 0. The molecule has 15 heavy (non-hydrogen) atoms. The first-order valence-electron chi connectivity index (χ1n) is 5.46. The van der Waals surface area contributed by atoms with Crippen LogP contribution in [0.25, 0.3) is 0 Å². The highest BCUT2D eigenvalue weighted by molar-refractivity contribution is 8.61. The summed E-state index contributed by atoms with van der Waals surface area (Å²) in [5.41, 5.74) is 0.757. The van der Waals surface area contributed by atoms with Gasteiger partial charge in [0.1, 0.15) is 0 Å². The summed E-state index contributed by atoms with van der Waals surface area (Å²) in [6.45, 7) is 2.25. The van der Waals surface area contributed by atoms with Gasteiger partial charge in [-0.15, -0.1) is 17.9 Å². The predicted octanol–water partition coefficient (Wildman–Crippen LogP) is 3.18. The van der Waals surface area contributed by atoms with Gasteiger partial charge in [0.05, 0.1) is 0 Å². The predicted molar refractivity (Wildman–Crippen MR) is 77.0 cm³/mol. The van der Waals surface area contributed by atoms with Crippen LogP contribution in [0.1, 0.15) is 32.6 Å². The molecule has 0 aromatic rings. The third-order valence-electron chi connectivity index (χ3n) is 3.62. The molecule has 86 valence electrons. The second-order valence-electron chi connectivity index (χ2n) is 4.43. The Morgan fingerprint density at radius 3 is 2.93 bits per heavy atom. The minimum absolute atomic E-state index is 0.0387. The quantitative estimate of drug-likeness (QED) is 0.712. The van der Waals surface area contributed by atoms with E-state index in [2.05, 4.69) is 29.7 Å². The Kier molecular flexibility index (Phi) is 4.41. The number of carbonyl (C=O) groups excluding carboxylic acids is 1. The lowest BCUT2D eigenvalue weighted by molar-refractivity contribution is -0.136. The molecule has 6 heteroatoms. The minimum atomic E-state index is 0.0387. The maximum absolute atomic E-state index is 11.9. The molecule has 0 aromatic carbocycles. The zero-order valence-electron chi connectivity index (χ0n) is 9.02. The van der Waals surface area contributed by atoms with Gasteiger partial charge in [0.15, 0.2) is 0 Å². The SMILES string of the molecule is C[C@H]1[C@@H](P(P)PP)CC2CCCC(=O)N21. The fraction of sp³-hybridized carbons (Fsp3) is 0.889. The van der Waals surface area contributed by atoms with E-state index in [1.165, 1.54) is 12.8 Å². The first kappa shape index (κ1) is 12.6. The van der Waals surface area contributed by atoms with E-state index < -0.39 is 0 Å². The first-order valence-corrected chi connectivity index (χ1v) is 12.1. The van der Waals surface area contributed by atoms with Crippen LogP contribution in [0.2, 0.25) is 0 Å². The van der Waals surface area contributed by atoms with Crippen molar-refractivity contribution in [3.63, 3.8) is 0 Å². The van der Waals surface area contributed by atoms with E-state index in [0.717, 1.165) is 26.5 Å². The summed E-state index contributed by atoms with van der Waals surface area (Å²) in [4.78, 5) is 14.1. The summed E-state index contributed by atoms with van der Waals surface area (Å²) in [6.07, 6.45) is 4.38. The Morgan fingerprint density at radius 2 is 2.33 bits per heavy atom. The first-order chi connectivity index (χ1) is 7.15. The topological polar surface area (TPSA) is 20.3 Å². The van der Waals surface area contributed by atoms with Gasteiger partial charge in [0.2, 0.25) is 5.91 Å². The molecule has 2 aliphatic rings. The van der Waals surface area contributed by atoms with Crippen molar-refractivity contribution < 1.29 is 4.79 Å². The Labute approximate surface area is 99.3 Å². The maximum atomic E-state index is 11.9. The molecular weight excluding hydrogens is 262 g/mol. The average molecular weight is 281 g/mol. The molecule has 0 N–H and O–H groups in total. The van der Waals surface area contributed by atoms with Crippen molar-refractivity contribution in [2.75, 3.05) is 0 Å². The van der Waals surface area contributed by atoms with Crippen LogP contribution in [0, 0.1) is 0 Å². The molecule has 2 nitrogen and oxygen atoms in total. The molecule has 0 bridgehead atoms. The lowest BCUT2D eigenvalue weighted by Gasteiger charge is -2.33. The largest absolute Gasteiger partial charge is 0.336 e. The number of piperidine rings is 1. The smallest absolute Gasteiger partial charge is 0.223 e. The molecule has 2 fully saturated rings. The molecule has 2 rings (SSSR count). The molecule has 2 aliphatic heterocycles. The van der Waals surface area contributed by atoms with Gasteiger partial charge in [-0.25, -0.2) is 0 Å². The van der Waals surface area contributed by atoms with Crippen molar-refractivity contribution in [3.05, 3.63) is 0 Å². The van der Waals surface area contributed by atoms with Gasteiger partial charge in [0, 0.05) is 24.2 Å². The molecule has 0 radical (unpaired) electrons. The zero-order valence-corrected chi connectivity index (χ0v) is 13.2. The van der Waals surface area contributed by atoms with Gasteiger partial charge in [-0.3, -0.25) is 4.79 Å². The summed E-state index contributed by atoms with van der Waals surface area (Å²) in [6, 6.07) is 1.05. The average Bonchev–Trinajstić information content (AvgIpc) is 2.56.